The maximum Gasteiger partial charge on any atom is 0.488 e. The Morgan fingerprint density at radius 2 is 1.89 bits per heavy atom. The highest BCUT2D eigenvalue weighted by Crippen LogP contribution is 2.40. The van der Waals surface area contributed by atoms with Crippen LogP contribution in [0.25, 0.3) is 0 Å². The van der Waals surface area contributed by atoms with Gasteiger partial charge >= 0.3 is 10.5 Å². The molecule has 1 atom stereocenters. The van der Waals surface area contributed by atoms with Crippen LogP contribution in [-0.4, -0.2) is 56.8 Å². The molecule has 0 spiro atoms. The predicted molar refractivity (Wildman–Crippen MR) is 147 cm³/mol. The number of hydrogen-bond acceptors (Lipinski definition) is 10. The Labute approximate surface area is 226 Å². The second-order valence-electron chi connectivity index (χ2n) is 9.44. The summed E-state index contributed by atoms with van der Waals surface area (Å²) in [6.45, 7) is 5.94. The standard InChI is InChI=1S/C24H28ClFN5O5PS/c1-14-8-15-10-21(35-3)20(9-16(15)13-31(14)2)29-24-27-12-18(25)23(30-24)28-19-7-6-17(36-38(26,33)34)11-22(19)37(4,5)32/h6-7,9-12,14H,8,13H2,1-5H3,(H2,27,28,29,30). The van der Waals surface area contributed by atoms with Gasteiger partial charge in [-0.05, 0) is 75.2 Å². The molecule has 14 heteroatoms. The number of rotatable bonds is 8. The molecule has 0 fully saturated rings. The van der Waals surface area contributed by atoms with Crippen molar-refractivity contribution in [3.63, 3.8) is 0 Å². The number of nitrogens with one attached hydrogen (secondary N) is 2. The number of nitrogens with zero attached hydrogens (tertiary/aromatic N) is 3. The molecule has 0 radical (unpaired) electrons. The fraction of sp³-hybridized carbons (Fsp3) is 0.333. The lowest BCUT2D eigenvalue weighted by atomic mass is 9.94. The van der Waals surface area contributed by atoms with E-state index in [0.29, 0.717) is 23.2 Å². The summed E-state index contributed by atoms with van der Waals surface area (Å²) < 4.78 is 57.7. The van der Waals surface area contributed by atoms with Gasteiger partial charge in [-0.3, -0.25) is 4.90 Å². The first-order valence-electron chi connectivity index (χ1n) is 11.5. The van der Waals surface area contributed by atoms with Gasteiger partial charge < -0.3 is 24.1 Å². The normalized spacial score (nSPS) is 16.0. The summed E-state index contributed by atoms with van der Waals surface area (Å²) in [6, 6.07) is 8.29. The molecule has 0 saturated carbocycles. The number of benzene rings is 2. The molecule has 2 heterocycles. The van der Waals surface area contributed by atoms with Gasteiger partial charge in [-0.1, -0.05) is 15.5 Å². The Morgan fingerprint density at radius 3 is 2.55 bits per heavy atom. The number of anilines is 4. The van der Waals surface area contributed by atoms with Crippen LogP contribution < -0.4 is 24.9 Å². The van der Waals surface area contributed by atoms with Crippen molar-refractivity contribution in [2.24, 2.45) is 0 Å². The highest BCUT2D eigenvalue weighted by molar-refractivity contribution is 7.81. The molecule has 204 valence electrons. The minimum Gasteiger partial charge on any atom is -0.495 e. The van der Waals surface area contributed by atoms with Crippen LogP contribution in [0.1, 0.15) is 18.1 Å². The Morgan fingerprint density at radius 1 is 1.16 bits per heavy atom. The van der Waals surface area contributed by atoms with Crippen molar-refractivity contribution in [2.45, 2.75) is 25.9 Å². The van der Waals surface area contributed by atoms with Gasteiger partial charge in [0, 0.05) is 17.9 Å². The third-order valence-electron chi connectivity index (χ3n) is 6.20. The smallest absolute Gasteiger partial charge is 0.488 e. The summed E-state index contributed by atoms with van der Waals surface area (Å²) in [6.07, 6.45) is 2.32. The molecular formula is C24H28ClFN5O5PS. The molecule has 4 rings (SSSR count). The summed E-state index contributed by atoms with van der Waals surface area (Å²) in [5.41, 5.74) is 3.41. The number of hydrogen-bond donors (Lipinski definition) is 2. The number of methoxy groups -OCH3 is 1. The van der Waals surface area contributed by atoms with E-state index in [9.17, 15) is 16.9 Å². The third-order valence-corrected chi connectivity index (χ3v) is 8.40. The van der Waals surface area contributed by atoms with Crippen molar-refractivity contribution in [3.8, 4) is 11.5 Å². The molecule has 38 heavy (non-hydrogen) atoms. The lowest BCUT2D eigenvalue weighted by Gasteiger charge is -2.32. The van der Waals surface area contributed by atoms with E-state index in [1.807, 2.05) is 12.1 Å². The zero-order valence-electron chi connectivity index (χ0n) is 21.4. The molecule has 3 aromatic rings. The van der Waals surface area contributed by atoms with Crippen molar-refractivity contribution >= 4 is 57.7 Å². The Bertz CT molecular complexity index is 1530. The van der Waals surface area contributed by atoms with E-state index in [-0.39, 0.29) is 27.8 Å². The van der Waals surface area contributed by atoms with Crippen molar-refractivity contribution in [1.82, 2.24) is 14.9 Å². The van der Waals surface area contributed by atoms with Crippen molar-refractivity contribution < 1.29 is 25.8 Å². The van der Waals surface area contributed by atoms with Crippen LogP contribution in [0.4, 0.5) is 27.0 Å². The molecule has 1 aliphatic rings. The van der Waals surface area contributed by atoms with Gasteiger partial charge in [-0.15, -0.1) is 0 Å². The molecule has 0 bridgehead atoms. The van der Waals surface area contributed by atoms with Crippen LogP contribution in [0.3, 0.4) is 0 Å². The summed E-state index contributed by atoms with van der Waals surface area (Å²) in [5.74, 6) is 0.768. The zero-order chi connectivity index (χ0) is 27.8. The first-order valence-corrected chi connectivity index (χ1v) is 15.8. The number of fused-ring (bicyclic) bond motifs is 1. The monoisotopic (exact) mass is 583 g/mol. The lowest BCUT2D eigenvalue weighted by molar-refractivity contribution is 0.231. The summed E-state index contributed by atoms with van der Waals surface area (Å²) >= 11 is 6.35. The van der Waals surface area contributed by atoms with E-state index >= 15 is 0 Å². The molecule has 0 saturated heterocycles. The van der Waals surface area contributed by atoms with Crippen LogP contribution in [0.15, 0.2) is 36.5 Å². The highest BCUT2D eigenvalue weighted by Gasteiger charge is 2.23. The van der Waals surface area contributed by atoms with Gasteiger partial charge in [0.25, 0.3) is 0 Å². The maximum absolute atomic E-state index is 13.0. The first-order chi connectivity index (χ1) is 17.7. The number of likely N-dealkylation sites (N-methyl/N-ethyl adjacent to an activating group) is 1. The zero-order valence-corrected chi connectivity index (χ0v) is 23.9. The van der Waals surface area contributed by atoms with Crippen molar-refractivity contribution in [3.05, 3.63) is 52.7 Å². The van der Waals surface area contributed by atoms with Crippen LogP contribution in [0.2, 0.25) is 5.02 Å². The second-order valence-corrected chi connectivity index (χ2v) is 14.0. The number of ether oxygens (including phenoxy) is 1. The van der Waals surface area contributed by atoms with Crippen LogP contribution in [0.5, 0.6) is 11.5 Å². The first kappa shape index (κ1) is 28.1. The SMILES string of the molecule is COc1cc2c(cc1Nc1ncc(Cl)c(Nc3ccc(OS(=O)(=O)F)cc3P(C)(C)=O)n1)CN(C)C(C)C2. The molecule has 10 nitrogen and oxygen atoms in total. The van der Waals surface area contributed by atoms with E-state index in [2.05, 4.69) is 43.7 Å². The number of halogens is 2. The van der Waals surface area contributed by atoms with Gasteiger partial charge in [0.1, 0.15) is 23.7 Å². The summed E-state index contributed by atoms with van der Waals surface area (Å²) in [5, 5.41) is 6.61. The van der Waals surface area contributed by atoms with Gasteiger partial charge in [-0.2, -0.15) is 13.4 Å². The molecule has 2 aromatic carbocycles. The van der Waals surface area contributed by atoms with E-state index in [1.165, 1.54) is 48.9 Å². The fourth-order valence-electron chi connectivity index (χ4n) is 4.16. The molecule has 1 unspecified atom stereocenters. The van der Waals surface area contributed by atoms with Crippen LogP contribution in [0, 0.1) is 0 Å². The second kappa shape index (κ2) is 10.7. The molecule has 0 amide bonds. The summed E-state index contributed by atoms with van der Waals surface area (Å²) in [4.78, 5) is 11.0. The van der Waals surface area contributed by atoms with Crippen LogP contribution in [-0.2, 0) is 28.0 Å². The third kappa shape index (κ3) is 6.55. The average molecular weight is 584 g/mol. The lowest BCUT2D eigenvalue weighted by Crippen LogP contribution is -2.35. The van der Waals surface area contributed by atoms with Gasteiger partial charge in [0.05, 0.1) is 24.7 Å². The number of aromatic nitrogens is 2. The molecular weight excluding hydrogens is 556 g/mol. The summed E-state index contributed by atoms with van der Waals surface area (Å²) in [7, 11) is -4.55. The van der Waals surface area contributed by atoms with E-state index in [0.717, 1.165) is 13.0 Å². The Hall–Kier alpha value is -2.92. The highest BCUT2D eigenvalue weighted by atomic mass is 35.5. The van der Waals surface area contributed by atoms with Crippen LogP contribution >= 0.6 is 18.7 Å². The Kier molecular flexibility index (Phi) is 7.90. The molecule has 1 aliphatic heterocycles. The predicted octanol–water partition coefficient (Wildman–Crippen LogP) is 4.84. The van der Waals surface area contributed by atoms with E-state index < -0.39 is 17.6 Å². The minimum atomic E-state index is -5.24. The van der Waals surface area contributed by atoms with Gasteiger partial charge in [-0.25, -0.2) is 4.98 Å². The van der Waals surface area contributed by atoms with Crippen molar-refractivity contribution in [2.75, 3.05) is 38.1 Å². The molecule has 0 aliphatic carbocycles. The van der Waals surface area contributed by atoms with E-state index in [1.54, 1.807) is 7.11 Å². The Balaban J connectivity index is 1.66. The molecule has 2 N–H and O–H groups in total. The van der Waals surface area contributed by atoms with Crippen molar-refractivity contribution in [1.29, 1.82) is 0 Å². The quantitative estimate of drug-likeness (QED) is 0.281. The minimum absolute atomic E-state index is 0.184. The van der Waals surface area contributed by atoms with E-state index in [4.69, 9.17) is 16.3 Å². The maximum atomic E-state index is 13.0. The molecule has 1 aromatic heterocycles. The largest absolute Gasteiger partial charge is 0.495 e. The average Bonchev–Trinajstić information content (AvgIpc) is 2.81. The topological polar surface area (TPSA) is 123 Å². The fourth-order valence-corrected chi connectivity index (χ4v) is 5.78. The van der Waals surface area contributed by atoms with Gasteiger partial charge in [0.15, 0.2) is 5.82 Å². The van der Waals surface area contributed by atoms with Gasteiger partial charge in [0.2, 0.25) is 5.95 Å².